The molecule has 2 heterocycles. The summed E-state index contributed by atoms with van der Waals surface area (Å²) >= 11 is 0. The quantitative estimate of drug-likeness (QED) is 0.201. The van der Waals surface area contributed by atoms with Crippen LogP contribution in [0.15, 0.2) is 72.8 Å². The smallest absolute Gasteiger partial charge is 0.266 e. The number of nitrogens with zero attached hydrogens (tertiary/aromatic N) is 2. The number of anilines is 2. The molecule has 40 heavy (non-hydrogen) atoms. The van der Waals surface area contributed by atoms with E-state index in [1.807, 2.05) is 62.4 Å². The van der Waals surface area contributed by atoms with Gasteiger partial charge in [-0.25, -0.2) is 9.96 Å². The van der Waals surface area contributed by atoms with Crippen LogP contribution in [-0.4, -0.2) is 37.7 Å². The predicted octanol–water partition coefficient (Wildman–Crippen LogP) is 6.10. The van der Waals surface area contributed by atoms with Gasteiger partial charge >= 0.3 is 0 Å². The molecule has 3 atom stereocenters. The molecule has 210 valence electrons. The molecule has 5 rings (SSSR count). The molecule has 0 saturated carbocycles. The number of para-hydroxylation sites is 1. The number of imide groups is 1. The zero-order chi connectivity index (χ0) is 28.1. The molecule has 8 heteroatoms. The van der Waals surface area contributed by atoms with Gasteiger partial charge in [-0.05, 0) is 73.9 Å². The normalized spacial score (nSPS) is 20.1. The van der Waals surface area contributed by atoms with Crippen molar-refractivity contribution in [2.45, 2.75) is 52.2 Å². The van der Waals surface area contributed by atoms with Crippen molar-refractivity contribution >= 4 is 23.2 Å². The van der Waals surface area contributed by atoms with E-state index in [0.717, 1.165) is 30.5 Å². The first-order valence-corrected chi connectivity index (χ1v) is 14.1. The average molecular weight is 545 g/mol. The van der Waals surface area contributed by atoms with Crippen LogP contribution in [0.3, 0.4) is 0 Å². The average Bonchev–Trinajstić information content (AvgIpc) is 3.49. The molecule has 2 amide bonds. The van der Waals surface area contributed by atoms with Gasteiger partial charge in [0.05, 0.1) is 37.2 Å². The number of hydroxylamine groups is 1. The van der Waals surface area contributed by atoms with Crippen LogP contribution in [-0.2, 0) is 14.4 Å². The van der Waals surface area contributed by atoms with Crippen LogP contribution < -0.4 is 24.2 Å². The van der Waals surface area contributed by atoms with Crippen LogP contribution in [0, 0.1) is 5.92 Å². The second-order valence-corrected chi connectivity index (χ2v) is 9.85. The number of amides is 2. The minimum absolute atomic E-state index is 0.304. The lowest BCUT2D eigenvalue weighted by atomic mass is 9.90. The molecule has 3 aromatic rings. The zero-order valence-electron chi connectivity index (χ0n) is 23.2. The predicted molar refractivity (Wildman–Crippen MR) is 153 cm³/mol. The monoisotopic (exact) mass is 544 g/mol. The largest absolute Gasteiger partial charge is 0.494 e. The summed E-state index contributed by atoms with van der Waals surface area (Å²) in [7, 11) is 0. The zero-order valence-corrected chi connectivity index (χ0v) is 23.2. The van der Waals surface area contributed by atoms with Crippen molar-refractivity contribution in [2.75, 3.05) is 29.8 Å². The number of fused-ring (bicyclic) bond motifs is 1. The lowest BCUT2D eigenvalue weighted by Gasteiger charge is -2.29. The molecular weight excluding hydrogens is 508 g/mol. The first-order valence-electron chi connectivity index (χ1n) is 14.1. The molecule has 0 aromatic heterocycles. The molecule has 2 aliphatic heterocycles. The van der Waals surface area contributed by atoms with Crippen LogP contribution in [0.4, 0.5) is 11.4 Å². The highest BCUT2D eigenvalue weighted by Crippen LogP contribution is 2.48. The maximum atomic E-state index is 14.0. The summed E-state index contributed by atoms with van der Waals surface area (Å²) < 4.78 is 17.6. The molecule has 0 N–H and O–H groups in total. The number of unbranched alkanes of at least 4 members (excludes halogenated alkanes) is 1. The van der Waals surface area contributed by atoms with Crippen LogP contribution >= 0.6 is 0 Å². The molecule has 0 bridgehead atoms. The summed E-state index contributed by atoms with van der Waals surface area (Å²) in [6.07, 6.45) is 1.90. The third-order valence-electron chi connectivity index (χ3n) is 7.06. The Hall–Kier alpha value is -4.04. The highest BCUT2D eigenvalue weighted by Gasteiger charge is 2.60. The summed E-state index contributed by atoms with van der Waals surface area (Å²) in [6, 6.07) is 21.7. The van der Waals surface area contributed by atoms with Crippen LogP contribution in [0.25, 0.3) is 0 Å². The van der Waals surface area contributed by atoms with Crippen molar-refractivity contribution in [3.05, 3.63) is 78.4 Å². The van der Waals surface area contributed by atoms with E-state index in [1.165, 1.54) is 4.90 Å². The fraction of sp³-hybridized carbons (Fsp3) is 0.375. The van der Waals surface area contributed by atoms with E-state index in [2.05, 4.69) is 6.92 Å². The fourth-order valence-corrected chi connectivity index (χ4v) is 5.14. The van der Waals surface area contributed by atoms with Crippen molar-refractivity contribution in [3.63, 3.8) is 0 Å². The summed E-state index contributed by atoms with van der Waals surface area (Å²) in [5, 5.41) is 1.69. The molecule has 2 saturated heterocycles. The molecule has 2 aliphatic rings. The minimum atomic E-state index is -0.954. The summed E-state index contributed by atoms with van der Waals surface area (Å²) in [4.78, 5) is 35.2. The Balaban J connectivity index is 1.50. The van der Waals surface area contributed by atoms with Crippen molar-refractivity contribution in [2.24, 2.45) is 5.92 Å². The van der Waals surface area contributed by atoms with Crippen LogP contribution in [0.1, 0.15) is 51.6 Å². The van der Waals surface area contributed by atoms with Crippen molar-refractivity contribution < 1.29 is 28.6 Å². The number of carbonyl (C=O) groups excluding carboxylic acids is 2. The molecule has 3 aromatic carbocycles. The summed E-state index contributed by atoms with van der Waals surface area (Å²) in [6.45, 7) is 7.72. The van der Waals surface area contributed by atoms with Gasteiger partial charge in [0.1, 0.15) is 11.7 Å². The molecule has 0 aliphatic carbocycles. The van der Waals surface area contributed by atoms with E-state index in [1.54, 1.807) is 29.3 Å². The van der Waals surface area contributed by atoms with Gasteiger partial charge in [0.2, 0.25) is 5.91 Å². The number of ether oxygens (including phenoxy) is 3. The summed E-state index contributed by atoms with van der Waals surface area (Å²) in [5.41, 5.74) is 2.05. The first kappa shape index (κ1) is 27.5. The SMILES string of the molecule is CCCCOc1ccc([C@@H]2[C@H]3C(=O)N(c4ccc(OCCC)cc4)C(=O)[C@@H]3ON2c2ccccc2)cc1OCC. The molecule has 8 nitrogen and oxygen atoms in total. The van der Waals surface area contributed by atoms with Gasteiger partial charge in [-0.1, -0.05) is 44.5 Å². The lowest BCUT2D eigenvalue weighted by molar-refractivity contribution is -0.126. The molecule has 0 spiro atoms. The van der Waals surface area contributed by atoms with E-state index in [4.69, 9.17) is 19.0 Å². The van der Waals surface area contributed by atoms with Gasteiger partial charge in [0.15, 0.2) is 17.6 Å². The van der Waals surface area contributed by atoms with Crippen molar-refractivity contribution in [3.8, 4) is 17.2 Å². The number of hydrogen-bond acceptors (Lipinski definition) is 7. The molecule has 0 radical (unpaired) electrons. The number of benzene rings is 3. The number of rotatable bonds is 12. The second-order valence-electron chi connectivity index (χ2n) is 9.85. The Labute approximate surface area is 235 Å². The van der Waals surface area contributed by atoms with Gasteiger partial charge < -0.3 is 14.2 Å². The highest BCUT2D eigenvalue weighted by molar-refractivity contribution is 6.23. The Morgan fingerprint density at radius 2 is 1.52 bits per heavy atom. The molecule has 2 fully saturated rings. The molecule has 0 unspecified atom stereocenters. The second kappa shape index (κ2) is 12.4. The molecular formula is C32H36N2O6. The van der Waals surface area contributed by atoms with Crippen molar-refractivity contribution in [1.29, 1.82) is 0 Å². The minimum Gasteiger partial charge on any atom is -0.494 e. The topological polar surface area (TPSA) is 77.5 Å². The van der Waals surface area contributed by atoms with Gasteiger partial charge in [0.25, 0.3) is 5.91 Å². The number of hydrogen-bond donors (Lipinski definition) is 0. The maximum absolute atomic E-state index is 14.0. The van der Waals surface area contributed by atoms with Gasteiger partial charge in [-0.15, -0.1) is 0 Å². The highest BCUT2D eigenvalue weighted by atomic mass is 16.7. The fourth-order valence-electron chi connectivity index (χ4n) is 5.14. The van der Waals surface area contributed by atoms with E-state index < -0.39 is 18.1 Å². The van der Waals surface area contributed by atoms with Gasteiger partial charge in [-0.3, -0.25) is 14.4 Å². The third kappa shape index (κ3) is 5.36. The number of carbonyl (C=O) groups is 2. The Kier molecular flexibility index (Phi) is 8.55. The van der Waals surface area contributed by atoms with Crippen LogP contribution in [0.5, 0.6) is 17.2 Å². The Bertz CT molecular complexity index is 1310. The van der Waals surface area contributed by atoms with Crippen molar-refractivity contribution in [1.82, 2.24) is 0 Å². The maximum Gasteiger partial charge on any atom is 0.266 e. The van der Waals surface area contributed by atoms with E-state index in [9.17, 15) is 9.59 Å². The van der Waals surface area contributed by atoms with Crippen LogP contribution in [0.2, 0.25) is 0 Å². The Morgan fingerprint density at radius 3 is 2.23 bits per heavy atom. The Morgan fingerprint density at radius 1 is 0.750 bits per heavy atom. The summed E-state index contributed by atoms with van der Waals surface area (Å²) in [5.74, 6) is 0.515. The van der Waals surface area contributed by atoms with Gasteiger partial charge in [0, 0.05) is 0 Å². The van der Waals surface area contributed by atoms with E-state index in [0.29, 0.717) is 42.8 Å². The van der Waals surface area contributed by atoms with Gasteiger partial charge in [-0.2, -0.15) is 0 Å². The lowest BCUT2D eigenvalue weighted by Crippen LogP contribution is -2.37. The van der Waals surface area contributed by atoms with E-state index in [-0.39, 0.29) is 11.8 Å². The first-order chi connectivity index (χ1) is 19.6. The third-order valence-corrected chi connectivity index (χ3v) is 7.06. The van der Waals surface area contributed by atoms with E-state index >= 15 is 0 Å². The standard InChI is InChI=1S/C32H36N2O6/c1-4-7-20-39-26-18-13-22(21-27(26)37-6-3)29-28-30(40-34(29)24-11-9-8-10-12-24)32(36)33(31(28)35)23-14-16-25(17-15-23)38-19-5-2/h8-18,21,28-30H,4-7,19-20H2,1-3H3/t28-,29-,30-/m1/s1.